The molecule has 1 aromatic rings. The molecule has 0 radical (unpaired) electrons. The zero-order chi connectivity index (χ0) is 13.8. The van der Waals surface area contributed by atoms with Crippen molar-refractivity contribution >= 4 is 17.9 Å². The third kappa shape index (κ3) is 3.51. The number of carbonyl (C=O) groups excluding carboxylic acids is 1. The van der Waals surface area contributed by atoms with E-state index in [1.54, 1.807) is 23.1 Å². The maximum Gasteiger partial charge on any atom is 0.420 e. The summed E-state index contributed by atoms with van der Waals surface area (Å²) in [4.78, 5) is 26.9. The summed E-state index contributed by atoms with van der Waals surface area (Å²) >= 11 is 0. The first kappa shape index (κ1) is 13.5. The van der Waals surface area contributed by atoms with Crippen LogP contribution in [0.3, 0.4) is 0 Å². The Labute approximate surface area is 111 Å². The van der Waals surface area contributed by atoms with Gasteiger partial charge in [0.2, 0.25) is 5.91 Å². The molecule has 0 aliphatic carbocycles. The molecule has 6 heteroatoms. The number of furan rings is 1. The van der Waals surface area contributed by atoms with Gasteiger partial charge in [-0.15, -0.1) is 0 Å². The second-order valence-electron chi connectivity index (χ2n) is 4.64. The first-order chi connectivity index (χ1) is 9.06. The second kappa shape index (κ2) is 5.79. The van der Waals surface area contributed by atoms with Gasteiger partial charge in [0.25, 0.3) is 0 Å². The predicted octanol–water partition coefficient (Wildman–Crippen LogP) is 1.11. The van der Waals surface area contributed by atoms with Crippen molar-refractivity contribution in [3.8, 4) is 0 Å². The van der Waals surface area contributed by atoms with E-state index in [0.717, 1.165) is 26.2 Å². The van der Waals surface area contributed by atoms with Gasteiger partial charge < -0.3 is 14.2 Å². The highest BCUT2D eigenvalue weighted by Gasteiger charge is 2.17. The fraction of sp³-hybridized carbons (Fsp3) is 0.462. The van der Waals surface area contributed by atoms with Crippen molar-refractivity contribution in [2.24, 2.45) is 0 Å². The summed E-state index contributed by atoms with van der Waals surface area (Å²) in [5, 5.41) is 0. The number of carbonyl (C=O) groups is 1. The third-order valence-electron chi connectivity index (χ3n) is 3.13. The van der Waals surface area contributed by atoms with Crippen molar-refractivity contribution in [2.75, 3.05) is 40.3 Å². The van der Waals surface area contributed by atoms with E-state index in [9.17, 15) is 9.70 Å². The lowest BCUT2D eigenvalue weighted by Gasteiger charge is -2.31. The number of nitroso groups, excluding NO2 is 1. The fourth-order valence-corrected chi connectivity index (χ4v) is 1.89. The Kier molecular flexibility index (Phi) is 4.11. The Morgan fingerprint density at radius 2 is 2.00 bits per heavy atom. The summed E-state index contributed by atoms with van der Waals surface area (Å²) in [6, 6.07) is 3.24. The minimum absolute atomic E-state index is 0.0264. The summed E-state index contributed by atoms with van der Waals surface area (Å²) in [6.07, 6.45) is 3.08. The number of nitrogens with zero attached hydrogens (tertiary/aromatic N) is 3. The molecule has 1 fully saturated rings. The van der Waals surface area contributed by atoms with Crippen molar-refractivity contribution in [3.63, 3.8) is 0 Å². The van der Waals surface area contributed by atoms with Gasteiger partial charge in [0, 0.05) is 37.2 Å². The van der Waals surface area contributed by atoms with Crippen LogP contribution < -0.4 is 0 Å². The quantitative estimate of drug-likeness (QED) is 0.606. The highest BCUT2D eigenvalue weighted by molar-refractivity contribution is 5.91. The van der Waals surface area contributed by atoms with Crippen LogP contribution >= 0.6 is 0 Å². The summed E-state index contributed by atoms with van der Waals surface area (Å²) < 4.78 is 5.89. The minimum atomic E-state index is -0.0264. The van der Waals surface area contributed by atoms with Gasteiger partial charge in [0.05, 0.1) is 10.8 Å². The van der Waals surface area contributed by atoms with Crippen LogP contribution in [0.2, 0.25) is 0 Å². The number of hydrogen-bond acceptors (Lipinski definition) is 4. The first-order valence-corrected chi connectivity index (χ1v) is 6.22. The molecule has 0 bridgehead atoms. The van der Waals surface area contributed by atoms with Crippen molar-refractivity contribution in [2.45, 2.75) is 0 Å². The maximum atomic E-state index is 11.9. The van der Waals surface area contributed by atoms with Crippen molar-refractivity contribution in [1.82, 2.24) is 9.80 Å². The van der Waals surface area contributed by atoms with E-state index >= 15 is 0 Å². The number of amides is 1. The van der Waals surface area contributed by atoms with Gasteiger partial charge in [0.15, 0.2) is 7.05 Å². The normalized spacial score (nSPS) is 17.1. The zero-order valence-corrected chi connectivity index (χ0v) is 11.2. The molecule has 2 heterocycles. The SMILES string of the molecule is CN1CCN(C(=O)/C=C/c2ccc([N+](C)=O)o2)CC1. The van der Waals surface area contributed by atoms with Crippen LogP contribution in [-0.4, -0.2) is 60.7 Å². The Morgan fingerprint density at radius 3 is 2.58 bits per heavy atom. The number of rotatable bonds is 3. The molecule has 0 N–H and O–H groups in total. The highest BCUT2D eigenvalue weighted by atomic mass is 16.4. The maximum absolute atomic E-state index is 11.9. The molecule has 1 aliphatic rings. The van der Waals surface area contributed by atoms with Gasteiger partial charge in [0.1, 0.15) is 5.76 Å². The van der Waals surface area contributed by atoms with E-state index in [4.69, 9.17) is 4.42 Å². The molecule has 19 heavy (non-hydrogen) atoms. The van der Waals surface area contributed by atoms with Crippen LogP contribution in [0.4, 0.5) is 5.88 Å². The average Bonchev–Trinajstić information content (AvgIpc) is 2.86. The van der Waals surface area contributed by atoms with Crippen molar-refractivity contribution < 1.29 is 14.0 Å². The molecule has 1 aliphatic heterocycles. The molecule has 0 unspecified atom stereocenters. The third-order valence-corrected chi connectivity index (χ3v) is 3.13. The molecule has 6 nitrogen and oxygen atoms in total. The molecule has 1 amide bonds. The van der Waals surface area contributed by atoms with E-state index in [0.29, 0.717) is 10.5 Å². The lowest BCUT2D eigenvalue weighted by molar-refractivity contribution is -0.444. The monoisotopic (exact) mass is 264 g/mol. The van der Waals surface area contributed by atoms with E-state index in [1.165, 1.54) is 13.1 Å². The Hall–Kier alpha value is -1.95. The number of hydrogen-bond donors (Lipinski definition) is 0. The molecule has 0 atom stereocenters. The van der Waals surface area contributed by atoms with Gasteiger partial charge >= 0.3 is 5.88 Å². The Balaban J connectivity index is 1.94. The van der Waals surface area contributed by atoms with Gasteiger partial charge in [-0.3, -0.25) is 4.79 Å². The number of likely N-dealkylation sites (N-methyl/N-ethyl adjacent to an activating group) is 1. The molecule has 0 spiro atoms. The lowest BCUT2D eigenvalue weighted by atomic mass is 10.3. The molecule has 1 aromatic heterocycles. The predicted molar refractivity (Wildman–Crippen MR) is 71.0 cm³/mol. The van der Waals surface area contributed by atoms with Crippen LogP contribution in [0.1, 0.15) is 5.76 Å². The highest BCUT2D eigenvalue weighted by Crippen LogP contribution is 2.16. The summed E-state index contributed by atoms with van der Waals surface area (Å²) in [6.45, 7) is 3.27. The van der Waals surface area contributed by atoms with Gasteiger partial charge in [-0.25, -0.2) is 0 Å². The second-order valence-corrected chi connectivity index (χ2v) is 4.64. The van der Waals surface area contributed by atoms with Crippen LogP contribution in [0, 0.1) is 4.91 Å². The summed E-state index contributed by atoms with van der Waals surface area (Å²) in [5.74, 6) is 0.702. The van der Waals surface area contributed by atoms with Gasteiger partial charge in [-0.2, -0.15) is 0 Å². The van der Waals surface area contributed by atoms with E-state index < -0.39 is 0 Å². The molecule has 102 valence electrons. The Morgan fingerprint density at radius 1 is 1.32 bits per heavy atom. The van der Waals surface area contributed by atoms with E-state index in [2.05, 4.69) is 4.90 Å². The van der Waals surface area contributed by atoms with Gasteiger partial charge in [-0.1, -0.05) is 0 Å². The summed E-state index contributed by atoms with van der Waals surface area (Å²) in [5.41, 5.74) is 0. The largest absolute Gasteiger partial charge is 0.420 e. The molecule has 0 saturated carbocycles. The van der Waals surface area contributed by atoms with Crippen LogP contribution in [0.25, 0.3) is 6.08 Å². The van der Waals surface area contributed by atoms with Crippen molar-refractivity contribution in [3.05, 3.63) is 28.9 Å². The van der Waals surface area contributed by atoms with E-state index in [1.807, 2.05) is 7.05 Å². The molecule has 1 saturated heterocycles. The van der Waals surface area contributed by atoms with E-state index in [-0.39, 0.29) is 11.8 Å². The molecular formula is C13H18N3O3+. The standard InChI is InChI=1S/C13H18N3O3/c1-14-7-9-16(10-8-14)12(17)5-3-11-4-6-13(19-11)15(2)18/h3-6H,7-10H2,1-2H3/q+1/b5-3+. The first-order valence-electron chi connectivity index (χ1n) is 6.22. The van der Waals surface area contributed by atoms with Crippen LogP contribution in [0.5, 0.6) is 0 Å². The zero-order valence-electron chi connectivity index (χ0n) is 11.2. The van der Waals surface area contributed by atoms with Gasteiger partial charge in [-0.05, 0) is 19.2 Å². The topological polar surface area (TPSA) is 56.8 Å². The summed E-state index contributed by atoms with van der Waals surface area (Å²) in [7, 11) is 3.41. The Bertz CT molecular complexity index is 499. The smallest absolute Gasteiger partial charge is 0.402 e. The molecule has 0 aromatic carbocycles. The average molecular weight is 264 g/mol. The fourth-order valence-electron chi connectivity index (χ4n) is 1.89. The minimum Gasteiger partial charge on any atom is -0.402 e. The number of piperazine rings is 1. The molecular weight excluding hydrogens is 246 g/mol. The van der Waals surface area contributed by atoms with Crippen molar-refractivity contribution in [1.29, 1.82) is 0 Å². The molecule has 2 rings (SSSR count). The van der Waals surface area contributed by atoms with Crippen LogP contribution in [-0.2, 0) is 4.79 Å². The van der Waals surface area contributed by atoms with Crippen LogP contribution in [0.15, 0.2) is 22.6 Å². The lowest BCUT2D eigenvalue weighted by Crippen LogP contribution is -2.46.